The van der Waals surface area contributed by atoms with Gasteiger partial charge in [-0.25, -0.2) is 10.9 Å². The van der Waals surface area contributed by atoms with Gasteiger partial charge in [-0.2, -0.15) is 0 Å². The van der Waals surface area contributed by atoms with E-state index in [0.29, 0.717) is 23.9 Å². The second-order valence-corrected chi connectivity index (χ2v) is 14.9. The number of fused-ring (bicyclic) bond motifs is 3. The Labute approximate surface area is 246 Å². The average molecular weight is 594 g/mol. The highest BCUT2D eigenvalue weighted by Gasteiger charge is 2.40. The zero-order valence-electron chi connectivity index (χ0n) is 23.6. The van der Waals surface area contributed by atoms with Crippen molar-refractivity contribution in [1.29, 1.82) is 0 Å². The molecule has 0 spiro atoms. The summed E-state index contributed by atoms with van der Waals surface area (Å²) in [7, 11) is -0.707. The third-order valence-electron chi connectivity index (χ3n) is 7.32. The quantitative estimate of drug-likeness (QED) is 0.223. The molecule has 11 heteroatoms. The van der Waals surface area contributed by atoms with Gasteiger partial charge in [0.15, 0.2) is 0 Å². The molecule has 41 heavy (non-hydrogen) atoms. The number of ether oxygens (including phenoxy) is 2. The number of hydrogen-bond donors (Lipinski definition) is 4. The lowest BCUT2D eigenvalue weighted by Crippen LogP contribution is -2.48. The number of hydrazine groups is 1. The zero-order valence-corrected chi connectivity index (χ0v) is 25.4. The molecule has 0 aromatic heterocycles. The van der Waals surface area contributed by atoms with E-state index in [1.165, 1.54) is 0 Å². The minimum Gasteiger partial charge on any atom is -0.497 e. The van der Waals surface area contributed by atoms with Crippen LogP contribution in [0.3, 0.4) is 0 Å². The van der Waals surface area contributed by atoms with Crippen molar-refractivity contribution in [1.82, 2.24) is 16.2 Å². The fourth-order valence-corrected chi connectivity index (χ4v) is 6.27. The van der Waals surface area contributed by atoms with Crippen LogP contribution in [0.5, 0.6) is 11.5 Å². The van der Waals surface area contributed by atoms with Gasteiger partial charge < -0.3 is 24.5 Å². The molecule has 0 saturated carbocycles. The fourth-order valence-electron chi connectivity index (χ4n) is 5.16. The van der Waals surface area contributed by atoms with E-state index >= 15 is 0 Å². The molecule has 216 valence electrons. The topological polar surface area (TPSA) is 107 Å². The number of nitrogens with one attached hydrogen (secondary N) is 3. The average Bonchev–Trinajstić information content (AvgIpc) is 3.28. The molecule has 9 nitrogen and oxygen atoms in total. The third kappa shape index (κ3) is 6.58. The number of rotatable bonds is 9. The van der Waals surface area contributed by atoms with Crippen molar-refractivity contribution >= 4 is 42.4 Å². The van der Waals surface area contributed by atoms with Crippen molar-refractivity contribution in [2.45, 2.75) is 44.8 Å². The number of nitrogens with zero attached hydrogens (tertiary/aromatic N) is 2. The van der Waals surface area contributed by atoms with Crippen LogP contribution in [0, 0.1) is 0 Å². The van der Waals surface area contributed by atoms with Crippen molar-refractivity contribution in [2.24, 2.45) is 4.99 Å². The Morgan fingerprint density at radius 1 is 1.07 bits per heavy atom. The summed E-state index contributed by atoms with van der Waals surface area (Å²) < 4.78 is 11.4. The molecule has 2 heterocycles. The van der Waals surface area contributed by atoms with Gasteiger partial charge in [0, 0.05) is 21.8 Å². The number of carbonyl (C=O) groups excluding carboxylic acids is 1. The third-order valence-corrected chi connectivity index (χ3v) is 9.32. The number of amides is 1. The molecule has 4 N–H and O–H groups in total. The number of aliphatic imine (C=N–C) groups is 1. The summed E-state index contributed by atoms with van der Waals surface area (Å²) in [5.74, 6) is 1.30. The summed E-state index contributed by atoms with van der Waals surface area (Å²) in [5.41, 5.74) is 10.2. The number of benzene rings is 3. The summed E-state index contributed by atoms with van der Waals surface area (Å²) >= 11 is 6.19. The molecule has 2 aliphatic rings. The van der Waals surface area contributed by atoms with E-state index in [4.69, 9.17) is 26.1 Å². The number of methoxy groups -OCH3 is 1. The van der Waals surface area contributed by atoms with E-state index < -0.39 is 14.4 Å². The highest BCUT2D eigenvalue weighted by Crippen LogP contribution is 2.36. The van der Waals surface area contributed by atoms with E-state index in [0.717, 1.165) is 33.5 Å². The molecule has 1 saturated heterocycles. The fraction of sp³-hybridized carbons (Fsp3) is 0.333. The summed E-state index contributed by atoms with van der Waals surface area (Å²) in [6, 6.07) is 20.6. The molecule has 0 bridgehead atoms. The van der Waals surface area contributed by atoms with Crippen molar-refractivity contribution in [3.05, 3.63) is 82.9 Å². The first-order chi connectivity index (χ1) is 19.6. The lowest BCUT2D eigenvalue weighted by molar-refractivity contribution is -0.121. The number of anilines is 1. The molecule has 0 radical (unpaired) electrons. The predicted octanol–water partition coefficient (Wildman–Crippen LogP) is 3.14. The highest BCUT2D eigenvalue weighted by molar-refractivity contribution is 6.83. The van der Waals surface area contributed by atoms with Crippen LogP contribution in [-0.2, 0) is 4.79 Å². The lowest BCUT2D eigenvalue weighted by atomic mass is 9.99. The van der Waals surface area contributed by atoms with Gasteiger partial charge in [0.2, 0.25) is 14.2 Å². The summed E-state index contributed by atoms with van der Waals surface area (Å²) in [4.78, 5) is 30.8. The normalized spacial score (nSPS) is 20.0. The molecule has 1 amide bonds. The molecule has 5 rings (SSSR count). The molecule has 3 aromatic rings. The Balaban J connectivity index is 1.33. The van der Waals surface area contributed by atoms with Gasteiger partial charge in [-0.1, -0.05) is 35.9 Å². The van der Waals surface area contributed by atoms with E-state index in [-0.39, 0.29) is 24.7 Å². The van der Waals surface area contributed by atoms with E-state index in [1.54, 1.807) is 7.11 Å². The minimum absolute atomic E-state index is 0.0312. The smallest absolute Gasteiger partial charge is 0.222 e. The van der Waals surface area contributed by atoms with Gasteiger partial charge in [0.1, 0.15) is 24.3 Å². The summed E-state index contributed by atoms with van der Waals surface area (Å²) in [6.45, 7) is 6.50. The summed E-state index contributed by atoms with van der Waals surface area (Å²) in [5, 5.41) is 4.56. The van der Waals surface area contributed by atoms with Crippen molar-refractivity contribution in [3.63, 3.8) is 0 Å². The van der Waals surface area contributed by atoms with Crippen LogP contribution in [0.15, 0.2) is 71.7 Å². The van der Waals surface area contributed by atoms with Crippen LogP contribution in [0.2, 0.25) is 18.1 Å². The number of carbonyl (C=O) groups is 1. The molecular formula is C30H36ClN5O4Si. The molecule has 1 fully saturated rings. The van der Waals surface area contributed by atoms with Crippen LogP contribution < -0.4 is 35.7 Å². The van der Waals surface area contributed by atoms with Gasteiger partial charge in [0.05, 0.1) is 38.0 Å². The van der Waals surface area contributed by atoms with Crippen LogP contribution >= 0.6 is 11.6 Å². The Morgan fingerprint density at radius 3 is 2.46 bits per heavy atom. The molecule has 2 aliphatic heterocycles. The first-order valence-corrected chi connectivity index (χ1v) is 17.0. The summed E-state index contributed by atoms with van der Waals surface area (Å²) in [6.07, 6.45) is -0.103. The van der Waals surface area contributed by atoms with E-state index in [2.05, 4.69) is 28.0 Å². The predicted molar refractivity (Wildman–Crippen MR) is 165 cm³/mol. The first kappa shape index (κ1) is 29.1. The SMILES string of the molecule is COc1ccc2c(c1)C(c1ccc(Cl)cc1)=NC(CC(=O)NCCOc1ccc([Si](C)(C)O)cc1)C1NNC(C)N21. The van der Waals surface area contributed by atoms with Crippen molar-refractivity contribution in [2.75, 3.05) is 25.2 Å². The minimum atomic E-state index is -2.35. The van der Waals surface area contributed by atoms with Gasteiger partial charge in [-0.3, -0.25) is 9.79 Å². The lowest BCUT2D eigenvalue weighted by Gasteiger charge is -2.31. The highest BCUT2D eigenvalue weighted by atomic mass is 35.5. The Bertz CT molecular complexity index is 1410. The molecule has 0 aliphatic carbocycles. The van der Waals surface area contributed by atoms with Crippen molar-refractivity contribution in [3.8, 4) is 11.5 Å². The van der Waals surface area contributed by atoms with E-state index in [9.17, 15) is 9.59 Å². The van der Waals surface area contributed by atoms with Crippen LogP contribution in [0.1, 0.15) is 24.5 Å². The maximum absolute atomic E-state index is 13.2. The Hall–Kier alpha value is -3.41. The van der Waals surface area contributed by atoms with E-state index in [1.807, 2.05) is 79.8 Å². The Morgan fingerprint density at radius 2 is 1.78 bits per heavy atom. The molecule has 3 atom stereocenters. The van der Waals surface area contributed by atoms with Crippen molar-refractivity contribution < 1.29 is 19.1 Å². The number of hydrogen-bond acceptors (Lipinski definition) is 8. The zero-order chi connectivity index (χ0) is 29.1. The molecule has 3 aromatic carbocycles. The maximum Gasteiger partial charge on any atom is 0.222 e. The van der Waals surface area contributed by atoms with Gasteiger partial charge in [0.25, 0.3) is 0 Å². The molecular weight excluding hydrogens is 558 g/mol. The van der Waals surface area contributed by atoms with Crippen LogP contribution in [-0.4, -0.2) is 63.4 Å². The van der Waals surface area contributed by atoms with Crippen LogP contribution in [0.4, 0.5) is 5.69 Å². The Kier molecular flexibility index (Phi) is 8.67. The standard InChI is InChI=1S/C30H36ClN5O4Si/c1-19-34-35-30-26(18-28(37)32-15-16-40-22-9-12-24(13-10-22)41(3,4)38)33-29(20-5-7-21(31)8-6-20)25-17-23(39-2)11-14-27(25)36(19)30/h5-14,17,19,26,30,34-35,38H,15-16,18H2,1-4H3,(H,32,37). The first-order valence-electron chi connectivity index (χ1n) is 13.7. The largest absolute Gasteiger partial charge is 0.497 e. The van der Waals surface area contributed by atoms with Gasteiger partial charge in [-0.05, 0) is 67.7 Å². The molecule has 3 unspecified atom stereocenters. The number of halogens is 1. The van der Waals surface area contributed by atoms with Gasteiger partial charge in [-0.15, -0.1) is 0 Å². The monoisotopic (exact) mass is 593 g/mol. The second-order valence-electron chi connectivity index (χ2n) is 10.7. The van der Waals surface area contributed by atoms with Crippen LogP contribution in [0.25, 0.3) is 0 Å². The second kappa shape index (κ2) is 12.2. The van der Waals surface area contributed by atoms with Gasteiger partial charge >= 0.3 is 0 Å². The maximum atomic E-state index is 13.2.